The van der Waals surface area contributed by atoms with Crippen molar-refractivity contribution in [1.29, 1.82) is 0 Å². The van der Waals surface area contributed by atoms with Crippen LogP contribution < -0.4 is 10.5 Å². The lowest BCUT2D eigenvalue weighted by Gasteiger charge is -2.41. The number of rotatable bonds is 6. The van der Waals surface area contributed by atoms with Crippen molar-refractivity contribution in [1.82, 2.24) is 24.6 Å². The summed E-state index contributed by atoms with van der Waals surface area (Å²) < 4.78 is 7.86. The number of nitrogens with two attached hydrogens (primary N) is 1. The van der Waals surface area contributed by atoms with Crippen molar-refractivity contribution in [2.24, 2.45) is 0 Å². The van der Waals surface area contributed by atoms with Gasteiger partial charge in [0.2, 0.25) is 0 Å². The van der Waals surface area contributed by atoms with E-state index in [0.29, 0.717) is 17.4 Å². The third kappa shape index (κ3) is 3.30. The molecule has 1 unspecified atom stereocenters. The van der Waals surface area contributed by atoms with Crippen LogP contribution in [0.25, 0.3) is 11.0 Å². The Balaban J connectivity index is 1.81. The molecule has 0 aliphatic carbocycles. The number of nitrogens with zero attached hydrogens (tertiary/aromatic N) is 5. The van der Waals surface area contributed by atoms with Crippen LogP contribution in [0.2, 0.25) is 5.02 Å². The lowest BCUT2D eigenvalue weighted by Crippen LogP contribution is -2.45. The SMILES string of the molecule is CCCN1CC(c2c(C)c(Cl)cc(C(C)n3nc(C)c4c(N)ncnc43)c2OC)C1. The van der Waals surface area contributed by atoms with Crippen LogP contribution in [0.3, 0.4) is 0 Å². The van der Waals surface area contributed by atoms with Gasteiger partial charge in [-0.05, 0) is 45.4 Å². The molecule has 3 heterocycles. The molecule has 8 heteroatoms. The zero-order valence-electron chi connectivity index (χ0n) is 18.2. The molecule has 7 nitrogen and oxygen atoms in total. The second-order valence-corrected chi connectivity index (χ2v) is 8.55. The molecule has 1 saturated heterocycles. The van der Waals surface area contributed by atoms with E-state index in [1.165, 1.54) is 11.9 Å². The number of likely N-dealkylation sites (tertiary alicyclic amines) is 1. The van der Waals surface area contributed by atoms with Gasteiger partial charge in [0.1, 0.15) is 17.9 Å². The van der Waals surface area contributed by atoms with Gasteiger partial charge in [-0.1, -0.05) is 18.5 Å². The Morgan fingerprint density at radius 1 is 1.30 bits per heavy atom. The molecular formula is C22H29ClN6O. The number of nitrogen functional groups attached to an aromatic ring is 1. The molecule has 2 N–H and O–H groups in total. The van der Waals surface area contributed by atoms with E-state index < -0.39 is 0 Å². The summed E-state index contributed by atoms with van der Waals surface area (Å²) >= 11 is 6.71. The van der Waals surface area contributed by atoms with E-state index in [4.69, 9.17) is 27.2 Å². The van der Waals surface area contributed by atoms with Crippen molar-refractivity contribution in [2.75, 3.05) is 32.5 Å². The third-order valence-corrected chi connectivity index (χ3v) is 6.56. The van der Waals surface area contributed by atoms with Crippen molar-refractivity contribution < 1.29 is 4.74 Å². The van der Waals surface area contributed by atoms with Crippen LogP contribution in [0.15, 0.2) is 12.4 Å². The first-order chi connectivity index (χ1) is 14.4. The van der Waals surface area contributed by atoms with Gasteiger partial charge >= 0.3 is 0 Å². The van der Waals surface area contributed by atoms with Gasteiger partial charge in [-0.2, -0.15) is 5.10 Å². The molecule has 1 aliphatic heterocycles. The number of aryl methyl sites for hydroxylation is 1. The van der Waals surface area contributed by atoms with Gasteiger partial charge < -0.3 is 15.4 Å². The Morgan fingerprint density at radius 2 is 2.03 bits per heavy atom. The monoisotopic (exact) mass is 428 g/mol. The first-order valence-electron chi connectivity index (χ1n) is 10.4. The summed E-state index contributed by atoms with van der Waals surface area (Å²) in [4.78, 5) is 11.0. The minimum atomic E-state index is -0.130. The summed E-state index contributed by atoms with van der Waals surface area (Å²) in [6, 6.07) is 1.87. The highest BCUT2D eigenvalue weighted by Gasteiger charge is 2.34. The Morgan fingerprint density at radius 3 is 2.70 bits per heavy atom. The Bertz CT molecular complexity index is 1090. The van der Waals surface area contributed by atoms with Gasteiger partial charge in [-0.15, -0.1) is 0 Å². The molecule has 4 rings (SSSR count). The van der Waals surface area contributed by atoms with Crippen LogP contribution in [0.4, 0.5) is 5.82 Å². The molecule has 1 aliphatic rings. The molecule has 30 heavy (non-hydrogen) atoms. The first-order valence-corrected chi connectivity index (χ1v) is 10.8. The predicted octanol–water partition coefficient (Wildman–Crippen LogP) is 4.11. The van der Waals surface area contributed by atoms with Crippen LogP contribution in [-0.2, 0) is 0 Å². The number of fused-ring (bicyclic) bond motifs is 1. The highest BCUT2D eigenvalue weighted by Crippen LogP contribution is 2.44. The summed E-state index contributed by atoms with van der Waals surface area (Å²) in [5, 5.41) is 6.27. The average Bonchev–Trinajstić information content (AvgIpc) is 3.04. The standard InChI is InChI=1S/C22H29ClN6O/c1-6-7-28-9-15(10-28)18-12(2)17(23)8-16(20(18)30-5)14(4)29-22-19(13(3)27-29)21(24)25-11-26-22/h8,11,14-15H,6-7,9-10H2,1-5H3,(H2,24,25,26). The number of methoxy groups -OCH3 is 1. The van der Waals surface area contributed by atoms with E-state index >= 15 is 0 Å². The molecule has 1 fully saturated rings. The van der Waals surface area contributed by atoms with Gasteiger partial charge in [0.05, 0.1) is 24.2 Å². The fourth-order valence-corrected chi connectivity index (χ4v) is 4.84. The zero-order chi connectivity index (χ0) is 21.6. The molecule has 0 spiro atoms. The predicted molar refractivity (Wildman–Crippen MR) is 120 cm³/mol. The maximum Gasteiger partial charge on any atom is 0.164 e. The summed E-state index contributed by atoms with van der Waals surface area (Å²) in [6.07, 6.45) is 2.64. The molecule has 160 valence electrons. The second-order valence-electron chi connectivity index (χ2n) is 8.14. The number of halogens is 1. The zero-order valence-corrected chi connectivity index (χ0v) is 19.0. The number of hydrogen-bond acceptors (Lipinski definition) is 6. The minimum absolute atomic E-state index is 0.130. The van der Waals surface area contributed by atoms with Crippen LogP contribution in [0.1, 0.15) is 54.6 Å². The number of anilines is 1. The van der Waals surface area contributed by atoms with E-state index in [2.05, 4.69) is 35.6 Å². The molecule has 1 aromatic carbocycles. The molecule has 2 aromatic heterocycles. The fourth-order valence-electron chi connectivity index (χ4n) is 4.62. The molecule has 0 bridgehead atoms. The van der Waals surface area contributed by atoms with Gasteiger partial charge in [0.15, 0.2) is 5.65 Å². The molecule has 3 aromatic rings. The summed E-state index contributed by atoms with van der Waals surface area (Å²) in [7, 11) is 1.73. The smallest absolute Gasteiger partial charge is 0.164 e. The fraction of sp³-hybridized carbons (Fsp3) is 0.500. The van der Waals surface area contributed by atoms with Crippen molar-refractivity contribution in [3.05, 3.63) is 39.8 Å². The van der Waals surface area contributed by atoms with E-state index in [0.717, 1.165) is 59.0 Å². The number of ether oxygens (including phenoxy) is 1. The summed E-state index contributed by atoms with van der Waals surface area (Å²) in [5.41, 5.74) is 10.9. The number of benzene rings is 1. The third-order valence-electron chi connectivity index (χ3n) is 6.17. The normalized spacial score (nSPS) is 16.1. The van der Waals surface area contributed by atoms with E-state index in [1.54, 1.807) is 7.11 Å². The van der Waals surface area contributed by atoms with E-state index in [9.17, 15) is 0 Å². The lowest BCUT2D eigenvalue weighted by atomic mass is 9.85. The van der Waals surface area contributed by atoms with Crippen molar-refractivity contribution in [3.8, 4) is 5.75 Å². The van der Waals surface area contributed by atoms with Crippen molar-refractivity contribution in [2.45, 2.75) is 46.1 Å². The maximum absolute atomic E-state index is 6.71. The van der Waals surface area contributed by atoms with Crippen LogP contribution in [0.5, 0.6) is 5.75 Å². The summed E-state index contributed by atoms with van der Waals surface area (Å²) in [6.45, 7) is 11.5. The Labute approximate surface area is 182 Å². The number of aromatic nitrogens is 4. The Kier molecular flexibility index (Phi) is 5.59. The average molecular weight is 429 g/mol. The maximum atomic E-state index is 6.71. The van der Waals surface area contributed by atoms with Gasteiger partial charge in [0.25, 0.3) is 0 Å². The van der Waals surface area contributed by atoms with Crippen molar-refractivity contribution >= 4 is 28.5 Å². The van der Waals surface area contributed by atoms with Crippen LogP contribution >= 0.6 is 11.6 Å². The summed E-state index contributed by atoms with van der Waals surface area (Å²) in [5.74, 6) is 1.76. The molecule has 0 amide bonds. The second kappa shape index (κ2) is 8.04. The van der Waals surface area contributed by atoms with E-state index in [1.807, 2.05) is 17.7 Å². The van der Waals surface area contributed by atoms with E-state index in [-0.39, 0.29) is 6.04 Å². The van der Waals surface area contributed by atoms with Gasteiger partial charge in [-0.3, -0.25) is 0 Å². The molecular weight excluding hydrogens is 400 g/mol. The Hall–Kier alpha value is -2.38. The molecule has 0 saturated carbocycles. The van der Waals surface area contributed by atoms with Crippen molar-refractivity contribution in [3.63, 3.8) is 0 Å². The minimum Gasteiger partial charge on any atom is -0.496 e. The van der Waals surface area contributed by atoms with Crippen LogP contribution in [0, 0.1) is 13.8 Å². The first kappa shape index (κ1) is 20.9. The molecule has 1 atom stereocenters. The quantitative estimate of drug-likeness (QED) is 0.636. The van der Waals surface area contributed by atoms with Crippen LogP contribution in [-0.4, -0.2) is 51.4 Å². The molecule has 0 radical (unpaired) electrons. The highest BCUT2D eigenvalue weighted by atomic mass is 35.5. The highest BCUT2D eigenvalue weighted by molar-refractivity contribution is 6.31. The van der Waals surface area contributed by atoms with Gasteiger partial charge in [0, 0.05) is 35.2 Å². The number of hydrogen-bond donors (Lipinski definition) is 1. The lowest BCUT2D eigenvalue weighted by molar-refractivity contribution is 0.146. The largest absolute Gasteiger partial charge is 0.496 e. The topological polar surface area (TPSA) is 82.1 Å². The van der Waals surface area contributed by atoms with Gasteiger partial charge in [-0.25, -0.2) is 14.6 Å².